The summed E-state index contributed by atoms with van der Waals surface area (Å²) in [6.45, 7) is 6.31. The zero-order valence-electron chi connectivity index (χ0n) is 15.6. The Bertz CT molecular complexity index is 799. The SMILES string of the molecule is CC(C)[NH+](CC(=O)N1CCS[C@@H]1c1ccccc1Cl)Cc1cccc(Cl)c1. The molecule has 0 aliphatic carbocycles. The van der Waals surface area contributed by atoms with Crippen molar-refractivity contribution in [3.8, 4) is 0 Å². The van der Waals surface area contributed by atoms with Crippen LogP contribution in [0.3, 0.4) is 0 Å². The molecule has 27 heavy (non-hydrogen) atoms. The molecule has 2 atom stereocenters. The lowest BCUT2D eigenvalue weighted by Gasteiger charge is -2.29. The molecule has 1 aliphatic rings. The predicted octanol–water partition coefficient (Wildman–Crippen LogP) is 4.06. The third-order valence-corrected chi connectivity index (χ3v) is 6.72. The molecule has 1 amide bonds. The van der Waals surface area contributed by atoms with Crippen molar-refractivity contribution in [2.45, 2.75) is 31.8 Å². The molecular formula is C21H25Cl2N2OS+. The van der Waals surface area contributed by atoms with Crippen LogP contribution in [0.1, 0.15) is 30.3 Å². The minimum Gasteiger partial charge on any atom is -0.321 e. The average molecular weight is 424 g/mol. The van der Waals surface area contributed by atoms with E-state index in [1.165, 1.54) is 4.90 Å². The van der Waals surface area contributed by atoms with Gasteiger partial charge in [-0.2, -0.15) is 0 Å². The Morgan fingerprint density at radius 1 is 1.22 bits per heavy atom. The number of nitrogens with zero attached hydrogens (tertiary/aromatic N) is 1. The molecule has 1 unspecified atom stereocenters. The van der Waals surface area contributed by atoms with Gasteiger partial charge in [0.25, 0.3) is 5.91 Å². The van der Waals surface area contributed by atoms with E-state index < -0.39 is 0 Å². The number of hydrogen-bond acceptors (Lipinski definition) is 2. The predicted molar refractivity (Wildman–Crippen MR) is 114 cm³/mol. The standard InChI is InChI=1S/C21H24Cl2N2OS/c1-15(2)24(13-16-6-5-7-17(22)12-16)14-20(26)25-10-11-27-21(25)18-8-3-4-9-19(18)23/h3-9,12,15,21H,10-11,13-14H2,1-2H3/p+1/t21-/m1/s1. The average Bonchev–Trinajstić information content (AvgIpc) is 3.11. The van der Waals surface area contributed by atoms with E-state index in [1.807, 2.05) is 47.4 Å². The van der Waals surface area contributed by atoms with Gasteiger partial charge in [-0.15, -0.1) is 11.8 Å². The van der Waals surface area contributed by atoms with E-state index in [-0.39, 0.29) is 11.3 Å². The van der Waals surface area contributed by atoms with Crippen LogP contribution in [0.5, 0.6) is 0 Å². The van der Waals surface area contributed by atoms with Crippen molar-refractivity contribution in [1.82, 2.24) is 4.90 Å². The molecule has 0 spiro atoms. The molecule has 1 saturated heterocycles. The maximum atomic E-state index is 13.1. The first-order chi connectivity index (χ1) is 13.0. The second-order valence-corrected chi connectivity index (χ2v) is 9.16. The Labute approximate surface area is 175 Å². The fourth-order valence-corrected chi connectivity index (χ4v) is 5.16. The zero-order chi connectivity index (χ0) is 19.4. The van der Waals surface area contributed by atoms with Crippen molar-refractivity contribution >= 4 is 40.9 Å². The van der Waals surface area contributed by atoms with Gasteiger partial charge >= 0.3 is 0 Å². The van der Waals surface area contributed by atoms with Gasteiger partial charge in [0, 0.05) is 33.5 Å². The fraction of sp³-hybridized carbons (Fsp3) is 0.381. The second-order valence-electron chi connectivity index (χ2n) is 7.13. The lowest BCUT2D eigenvalue weighted by atomic mass is 10.1. The quantitative estimate of drug-likeness (QED) is 0.757. The van der Waals surface area contributed by atoms with Crippen molar-refractivity contribution in [2.75, 3.05) is 18.8 Å². The van der Waals surface area contributed by atoms with Gasteiger partial charge < -0.3 is 9.80 Å². The molecule has 3 rings (SSSR count). The van der Waals surface area contributed by atoms with Gasteiger partial charge in [0.05, 0.1) is 6.04 Å². The van der Waals surface area contributed by atoms with Crippen molar-refractivity contribution in [3.05, 3.63) is 69.7 Å². The maximum absolute atomic E-state index is 13.1. The molecule has 144 valence electrons. The van der Waals surface area contributed by atoms with Crippen molar-refractivity contribution in [1.29, 1.82) is 0 Å². The lowest BCUT2D eigenvalue weighted by Crippen LogP contribution is -3.14. The lowest BCUT2D eigenvalue weighted by molar-refractivity contribution is -0.927. The summed E-state index contributed by atoms with van der Waals surface area (Å²) >= 11 is 14.3. The summed E-state index contributed by atoms with van der Waals surface area (Å²) < 4.78 is 0. The molecule has 1 aliphatic heterocycles. The molecule has 1 fully saturated rings. The van der Waals surface area contributed by atoms with Gasteiger partial charge in [-0.05, 0) is 32.0 Å². The number of nitrogens with one attached hydrogen (secondary N) is 1. The van der Waals surface area contributed by atoms with Crippen LogP contribution in [0.25, 0.3) is 0 Å². The van der Waals surface area contributed by atoms with Crippen molar-refractivity contribution < 1.29 is 9.69 Å². The topological polar surface area (TPSA) is 24.8 Å². The smallest absolute Gasteiger partial charge is 0.278 e. The first-order valence-corrected chi connectivity index (χ1v) is 11.0. The zero-order valence-corrected chi connectivity index (χ0v) is 17.9. The molecule has 0 radical (unpaired) electrons. The highest BCUT2D eigenvalue weighted by Gasteiger charge is 2.34. The van der Waals surface area contributed by atoms with Gasteiger partial charge in [-0.25, -0.2) is 0 Å². The van der Waals surface area contributed by atoms with E-state index in [1.54, 1.807) is 11.8 Å². The summed E-state index contributed by atoms with van der Waals surface area (Å²) in [5.41, 5.74) is 2.17. The van der Waals surface area contributed by atoms with E-state index in [0.29, 0.717) is 12.6 Å². The van der Waals surface area contributed by atoms with Gasteiger partial charge in [-0.3, -0.25) is 4.79 Å². The van der Waals surface area contributed by atoms with E-state index in [4.69, 9.17) is 23.2 Å². The summed E-state index contributed by atoms with van der Waals surface area (Å²) in [7, 11) is 0. The highest BCUT2D eigenvalue weighted by atomic mass is 35.5. The largest absolute Gasteiger partial charge is 0.321 e. The summed E-state index contributed by atoms with van der Waals surface area (Å²) in [6.07, 6.45) is 0. The fourth-order valence-electron chi connectivity index (χ4n) is 3.33. The number of halogens is 2. The number of quaternary nitrogens is 1. The van der Waals surface area contributed by atoms with Crippen LogP contribution in [0.2, 0.25) is 10.0 Å². The third kappa shape index (κ3) is 5.20. The Balaban J connectivity index is 1.72. The Kier molecular flexibility index (Phi) is 7.10. The van der Waals surface area contributed by atoms with E-state index >= 15 is 0 Å². The minimum atomic E-state index is 0.00535. The molecule has 6 heteroatoms. The second kappa shape index (κ2) is 9.33. The van der Waals surface area contributed by atoms with Crippen LogP contribution in [-0.2, 0) is 11.3 Å². The monoisotopic (exact) mass is 423 g/mol. The number of hydrogen-bond donors (Lipinski definition) is 1. The number of carbonyl (C=O) groups is 1. The number of rotatable bonds is 6. The molecule has 0 aromatic heterocycles. The number of benzene rings is 2. The van der Waals surface area contributed by atoms with Crippen LogP contribution in [0.15, 0.2) is 48.5 Å². The molecule has 2 aromatic rings. The summed E-state index contributed by atoms with van der Waals surface area (Å²) in [6, 6.07) is 16.0. The Morgan fingerprint density at radius 2 is 2.00 bits per heavy atom. The molecule has 0 saturated carbocycles. The first-order valence-electron chi connectivity index (χ1n) is 9.20. The van der Waals surface area contributed by atoms with Crippen LogP contribution in [-0.4, -0.2) is 35.7 Å². The first kappa shape index (κ1) is 20.5. The normalized spacial score (nSPS) is 18.1. The molecule has 2 aromatic carbocycles. The van der Waals surface area contributed by atoms with Crippen LogP contribution in [0, 0.1) is 0 Å². The third-order valence-electron chi connectivity index (χ3n) is 4.90. The van der Waals surface area contributed by atoms with Gasteiger partial charge in [0.2, 0.25) is 0 Å². The van der Waals surface area contributed by atoms with E-state index in [9.17, 15) is 4.79 Å². The highest BCUT2D eigenvalue weighted by Crippen LogP contribution is 2.40. The number of thioether (sulfide) groups is 1. The van der Waals surface area contributed by atoms with Gasteiger partial charge in [-0.1, -0.05) is 53.5 Å². The van der Waals surface area contributed by atoms with Crippen LogP contribution in [0.4, 0.5) is 0 Å². The molecular weight excluding hydrogens is 399 g/mol. The van der Waals surface area contributed by atoms with Crippen molar-refractivity contribution in [3.63, 3.8) is 0 Å². The minimum absolute atomic E-state index is 0.00535. The molecule has 1 N–H and O–H groups in total. The Hall–Kier alpha value is -1.20. The summed E-state index contributed by atoms with van der Waals surface area (Å²) in [5, 5.41) is 1.46. The number of amides is 1. The van der Waals surface area contributed by atoms with E-state index in [0.717, 1.165) is 40.0 Å². The van der Waals surface area contributed by atoms with Gasteiger partial charge in [0.15, 0.2) is 6.54 Å². The summed E-state index contributed by atoms with van der Waals surface area (Å²) in [5.74, 6) is 1.11. The molecule has 3 nitrogen and oxygen atoms in total. The Morgan fingerprint density at radius 3 is 2.70 bits per heavy atom. The number of carbonyl (C=O) groups excluding carboxylic acids is 1. The highest BCUT2D eigenvalue weighted by molar-refractivity contribution is 7.99. The van der Waals surface area contributed by atoms with Gasteiger partial charge in [0.1, 0.15) is 11.9 Å². The van der Waals surface area contributed by atoms with E-state index in [2.05, 4.69) is 19.9 Å². The van der Waals surface area contributed by atoms with Crippen molar-refractivity contribution in [2.24, 2.45) is 0 Å². The maximum Gasteiger partial charge on any atom is 0.278 e. The van der Waals surface area contributed by atoms with Crippen LogP contribution < -0.4 is 4.90 Å². The molecule has 0 bridgehead atoms. The van der Waals surface area contributed by atoms with Crippen LogP contribution >= 0.6 is 35.0 Å². The molecule has 1 heterocycles. The summed E-state index contributed by atoms with van der Waals surface area (Å²) in [4.78, 5) is 16.3.